The fraction of sp³-hybridized carbons (Fsp3) is 0.312. The molecule has 0 unspecified atom stereocenters. The van der Waals surface area contributed by atoms with Crippen LogP contribution in [-0.4, -0.2) is 16.2 Å². The average molecular weight is 1110 g/mol. The van der Waals surface area contributed by atoms with Crippen molar-refractivity contribution in [1.29, 1.82) is 0 Å². The highest BCUT2D eigenvalue weighted by Crippen LogP contribution is 2.53. The Hall–Kier alpha value is -7.89. The molecule has 1 aliphatic heterocycles. The summed E-state index contributed by atoms with van der Waals surface area (Å²) in [6.45, 7) is -6.41. The van der Waals surface area contributed by atoms with Gasteiger partial charge < -0.3 is 14.5 Å². The summed E-state index contributed by atoms with van der Waals surface area (Å²) in [4.78, 5) is 7.75. The first-order valence-electron chi connectivity index (χ1n) is 44.3. The number of ether oxygens (including phenoxy) is 1. The number of rotatable bonds is 10. The molecule has 0 fully saturated rings. The molecule has 5 nitrogen and oxygen atoms in total. The predicted molar refractivity (Wildman–Crippen MR) is 348 cm³/mol. The van der Waals surface area contributed by atoms with E-state index in [4.69, 9.17) is 23.9 Å². The van der Waals surface area contributed by atoms with Crippen LogP contribution in [0.4, 0.5) is 22.7 Å². The Morgan fingerprint density at radius 1 is 0.598 bits per heavy atom. The van der Waals surface area contributed by atoms with Gasteiger partial charge in [-0.15, -0.1) is 0 Å². The van der Waals surface area contributed by atoms with E-state index in [1.807, 2.05) is 0 Å². The number of hydrogen-bond donors (Lipinski definition) is 0. The number of fused-ring (bicyclic) bond motifs is 5. The number of anilines is 4. The minimum absolute atomic E-state index is 0.0276. The van der Waals surface area contributed by atoms with Crippen molar-refractivity contribution in [2.75, 3.05) is 16.5 Å². The molecule has 2 aliphatic rings. The van der Waals surface area contributed by atoms with E-state index in [9.17, 15) is 28.8 Å². The van der Waals surface area contributed by atoms with Crippen molar-refractivity contribution >= 4 is 44.6 Å². The summed E-state index contributed by atoms with van der Waals surface area (Å²) in [5, 5.41) is 0.466. The van der Waals surface area contributed by atoms with Gasteiger partial charge in [-0.1, -0.05) is 186 Å². The summed E-state index contributed by atoms with van der Waals surface area (Å²) < 4.78 is 336. The summed E-state index contributed by atoms with van der Waals surface area (Å²) in [6, 6.07) is 10.4. The Labute approximate surface area is 537 Å². The maximum absolute atomic E-state index is 10.6. The molecule has 0 N–H and O–H groups in total. The Bertz CT molecular complexity index is 5750. The second-order valence-corrected chi connectivity index (χ2v) is 24.1. The second kappa shape index (κ2) is 20.2. The van der Waals surface area contributed by atoms with Crippen molar-refractivity contribution in [2.45, 2.75) is 138 Å². The maximum Gasteiger partial charge on any atom is 0.137 e. The monoisotopic (exact) mass is 1110 g/mol. The first kappa shape index (κ1) is 27.5. The lowest BCUT2D eigenvalue weighted by Crippen LogP contribution is -2.33. The van der Waals surface area contributed by atoms with Gasteiger partial charge >= 0.3 is 0 Å². The largest absolute Gasteiger partial charge is 0.457 e. The molecule has 5 heteroatoms. The van der Waals surface area contributed by atoms with Gasteiger partial charge in [-0.25, -0.2) is 4.98 Å². The van der Waals surface area contributed by atoms with Gasteiger partial charge in [-0.05, 0) is 182 Å². The third-order valence-corrected chi connectivity index (χ3v) is 14.1. The molecule has 0 amide bonds. The molecule has 82 heavy (non-hydrogen) atoms. The van der Waals surface area contributed by atoms with E-state index in [0.717, 1.165) is 0 Å². The SMILES string of the molecule is [2H]c1c([2H])c(-c2c([2H])c([2H])c(C(C)(C)C)c([2H])c2C([2H])([2H])[2H])c([2H])c([2H])c1-c1cc(CC(C)(C)C)cc(-c2c([2H])c([2H])c3c(c2[2H])C(C([2H])([2H])[2H])(C([2H])([2H])[2H])C([2H])([2H])C([2H])([2H])C3(C([2H])([2H])[2H])C([2H])([2H])[2H])c1N1CN(c2cccc(Oc3ccc4c5c([2H])c([2H])c([2H])c([2H])c5n(-c5cc(C([2H])([2H])C(C)(C)C)ccn5)c4c3)c2)c2ccccc21. The fourth-order valence-corrected chi connectivity index (χ4v) is 10.6. The number of hydrogen-bond acceptors (Lipinski definition) is 4. The lowest BCUT2D eigenvalue weighted by molar-refractivity contribution is 0.332. The molecule has 0 atom stereocenters. The van der Waals surface area contributed by atoms with Crippen LogP contribution in [0.5, 0.6) is 11.5 Å². The van der Waals surface area contributed by atoms with Crippen LogP contribution in [0.15, 0.2) is 182 Å². The van der Waals surface area contributed by atoms with E-state index < -0.39 is 216 Å². The minimum atomic E-state index is -4.74. The summed E-state index contributed by atoms with van der Waals surface area (Å²) in [5.41, 5.74) is -20.0. The third-order valence-electron chi connectivity index (χ3n) is 14.1. The van der Waals surface area contributed by atoms with Crippen molar-refractivity contribution < 1.29 is 52.7 Å². The molecule has 0 saturated carbocycles. The van der Waals surface area contributed by atoms with Crippen molar-refractivity contribution in [3.63, 3.8) is 0 Å². The molecule has 2 aromatic heterocycles. The summed E-state index contributed by atoms with van der Waals surface area (Å²) in [5.74, 6) is 0.362. The average Bonchev–Trinajstić information content (AvgIpc) is 1.23. The van der Waals surface area contributed by atoms with Gasteiger partial charge in [0.1, 0.15) is 24.0 Å². The first-order valence-corrected chi connectivity index (χ1v) is 26.8. The summed E-state index contributed by atoms with van der Waals surface area (Å²) >= 11 is 0. The summed E-state index contributed by atoms with van der Waals surface area (Å²) in [6.07, 6.45) is -10.1. The second-order valence-electron chi connectivity index (χ2n) is 24.1. The lowest BCUT2D eigenvalue weighted by Gasteiger charge is -2.42. The molecule has 8 aromatic carbocycles. The Morgan fingerprint density at radius 2 is 1.28 bits per heavy atom. The zero-order valence-corrected chi connectivity index (χ0v) is 46.8. The molecule has 416 valence electrons. The van der Waals surface area contributed by atoms with Crippen molar-refractivity contribution in [3.05, 3.63) is 215 Å². The number of nitrogens with zero attached hydrogens (tertiary/aromatic N) is 4. The van der Waals surface area contributed by atoms with Gasteiger partial charge in [0.15, 0.2) is 0 Å². The number of benzene rings is 8. The highest BCUT2D eigenvalue weighted by Gasteiger charge is 2.38. The topological polar surface area (TPSA) is 33.5 Å². The van der Waals surface area contributed by atoms with Gasteiger partial charge in [0, 0.05) is 74.7 Å². The molecule has 0 bridgehead atoms. The Balaban J connectivity index is 1.18. The lowest BCUT2D eigenvalue weighted by atomic mass is 9.63. The van der Waals surface area contributed by atoms with E-state index in [1.165, 1.54) is 39.9 Å². The molecule has 10 aromatic rings. The van der Waals surface area contributed by atoms with E-state index in [1.54, 1.807) is 134 Å². The van der Waals surface area contributed by atoms with Gasteiger partial charge in [0.25, 0.3) is 0 Å². The standard InChI is InChI=1S/C77H82N4O/c1-50-40-56(75(8,9)10)31-33-60(50)53-26-28-54(29-27-53)63-41-52(48-74(5,6)7)42-64(55-30-35-65-66(44-55)77(13,14)38-37-76(65,11)12)72(63)80-49-79(68-24-17-18-25-69(68)80)57-20-19-21-58(45-57)82-59-32-34-62-61-22-15-16-23-67(61)81(70(62)46-59)71-43-51(36-39-78-71)47-73(2,3)4/h15-36,39-46H,37-38,47-49H2,1-14H3/i1D3,11D3,12D3,13D3,14D3,15D,16D,22D,23D,26D,27D,28D,29D,30D,31D,33D,35D,37D2,38D2,40D,44D,47D2. The molecule has 0 radical (unpaired) electrons. The third kappa shape index (κ3) is 10.5. The first-order chi connectivity index (χ1) is 53.3. The Kier molecular flexibility index (Phi) is 6.77. The molecular formula is C77H82N4O. The minimum Gasteiger partial charge on any atom is -0.457 e. The van der Waals surface area contributed by atoms with Crippen LogP contribution in [0, 0.1) is 17.7 Å². The predicted octanol–water partition coefficient (Wildman–Crippen LogP) is 21.4. The number of pyridine rings is 1. The smallest absolute Gasteiger partial charge is 0.137 e. The van der Waals surface area contributed by atoms with Crippen molar-refractivity contribution in [2.24, 2.45) is 10.8 Å². The van der Waals surface area contributed by atoms with E-state index in [-0.39, 0.29) is 79.8 Å². The van der Waals surface area contributed by atoms with Crippen LogP contribution in [0.1, 0.15) is 184 Å². The Morgan fingerprint density at radius 3 is 1.99 bits per heavy atom. The van der Waals surface area contributed by atoms with Crippen LogP contribution in [0.2, 0.25) is 0 Å². The van der Waals surface area contributed by atoms with Crippen LogP contribution >= 0.6 is 0 Å². The van der Waals surface area contributed by atoms with Gasteiger partial charge in [-0.3, -0.25) is 4.57 Å². The zero-order valence-electron chi connectivity index (χ0n) is 81.8. The van der Waals surface area contributed by atoms with Crippen molar-refractivity contribution in [3.8, 4) is 50.7 Å². The molecule has 1 aliphatic carbocycles. The van der Waals surface area contributed by atoms with Crippen LogP contribution in [-0.2, 0) is 29.0 Å². The van der Waals surface area contributed by atoms with Gasteiger partial charge in [0.05, 0.1) is 47.3 Å². The van der Waals surface area contributed by atoms with Crippen molar-refractivity contribution in [1.82, 2.24) is 9.55 Å². The highest BCUT2D eigenvalue weighted by molar-refractivity contribution is 6.09. The van der Waals surface area contributed by atoms with Gasteiger partial charge in [-0.2, -0.15) is 0 Å². The molecule has 0 saturated heterocycles. The normalized spacial score (nSPS) is 23.4. The quantitative estimate of drug-likeness (QED) is 0.137. The number of aromatic nitrogens is 2. The van der Waals surface area contributed by atoms with E-state index >= 15 is 0 Å². The number of para-hydroxylation sites is 3. The highest BCUT2D eigenvalue weighted by atomic mass is 16.5. The molecule has 0 spiro atoms. The maximum atomic E-state index is 10.6. The molecule has 3 heterocycles. The van der Waals surface area contributed by atoms with Crippen LogP contribution in [0.25, 0.3) is 61.0 Å². The van der Waals surface area contributed by atoms with Gasteiger partial charge in [0.2, 0.25) is 0 Å². The molecular weight excluding hydrogens is 997 g/mol. The van der Waals surface area contributed by atoms with Crippen LogP contribution in [0.3, 0.4) is 0 Å². The molecule has 12 rings (SSSR count). The fourth-order valence-electron chi connectivity index (χ4n) is 10.6. The van der Waals surface area contributed by atoms with Crippen LogP contribution < -0.4 is 14.5 Å². The summed E-state index contributed by atoms with van der Waals surface area (Å²) in [7, 11) is 0. The van der Waals surface area contributed by atoms with E-state index in [2.05, 4.69) is 4.98 Å². The zero-order chi connectivity index (χ0) is 87.7. The van der Waals surface area contributed by atoms with E-state index in [0.29, 0.717) is 11.1 Å².